The fourth-order valence-electron chi connectivity index (χ4n) is 3.06. The molecule has 2 aromatic rings. The Hall–Kier alpha value is -1.92. The van der Waals surface area contributed by atoms with E-state index in [9.17, 15) is 0 Å². The van der Waals surface area contributed by atoms with Crippen molar-refractivity contribution in [2.75, 3.05) is 38.6 Å². The summed E-state index contributed by atoms with van der Waals surface area (Å²) in [6, 6.07) is 7.98. The Morgan fingerprint density at radius 3 is 3.00 bits per heavy atom. The van der Waals surface area contributed by atoms with Gasteiger partial charge in [0.1, 0.15) is 18.5 Å². The van der Waals surface area contributed by atoms with Crippen LogP contribution in [0.5, 0.6) is 6.01 Å². The van der Waals surface area contributed by atoms with E-state index in [-0.39, 0.29) is 6.10 Å². The number of hydrogen-bond donors (Lipinski definition) is 1. The summed E-state index contributed by atoms with van der Waals surface area (Å²) in [5.41, 5.74) is 6.79. The van der Waals surface area contributed by atoms with Gasteiger partial charge in [-0.05, 0) is 24.5 Å². The number of nitrogens with two attached hydrogens (primary N) is 1. The van der Waals surface area contributed by atoms with E-state index >= 15 is 0 Å². The average Bonchev–Trinajstić information content (AvgIpc) is 2.77. The number of fused-ring (bicyclic) bond motifs is 1. The molecule has 0 bridgehead atoms. The van der Waals surface area contributed by atoms with Gasteiger partial charge in [0.25, 0.3) is 0 Å². The van der Waals surface area contributed by atoms with Gasteiger partial charge in [-0.25, -0.2) is 0 Å². The Morgan fingerprint density at radius 1 is 1.33 bits per heavy atom. The van der Waals surface area contributed by atoms with Crippen molar-refractivity contribution in [3.05, 3.63) is 24.3 Å². The molecule has 6 heteroatoms. The van der Waals surface area contributed by atoms with Crippen LogP contribution in [0.4, 0.5) is 5.82 Å². The molecule has 1 unspecified atom stereocenters. The third-order valence-electron chi connectivity index (χ3n) is 4.07. The van der Waals surface area contributed by atoms with Crippen LogP contribution in [-0.2, 0) is 4.74 Å². The van der Waals surface area contributed by atoms with Crippen molar-refractivity contribution >= 4 is 16.7 Å². The lowest BCUT2D eigenvalue weighted by Crippen LogP contribution is -2.37. The molecule has 2 N–H and O–H groups in total. The van der Waals surface area contributed by atoms with E-state index in [1.807, 2.05) is 24.3 Å². The number of benzene rings is 1. The summed E-state index contributed by atoms with van der Waals surface area (Å²) < 4.78 is 11.7. The van der Waals surface area contributed by atoms with Gasteiger partial charge in [-0.2, -0.15) is 9.97 Å². The molecule has 1 aliphatic rings. The van der Waals surface area contributed by atoms with E-state index in [0.717, 1.165) is 43.6 Å². The molecule has 1 atom stereocenters. The van der Waals surface area contributed by atoms with Crippen molar-refractivity contribution in [2.24, 2.45) is 5.92 Å². The van der Waals surface area contributed by atoms with E-state index in [0.29, 0.717) is 24.4 Å². The van der Waals surface area contributed by atoms with Gasteiger partial charge in [0.15, 0.2) is 0 Å². The van der Waals surface area contributed by atoms with Crippen LogP contribution in [-0.4, -0.2) is 53.8 Å². The highest BCUT2D eigenvalue weighted by molar-refractivity contribution is 5.88. The van der Waals surface area contributed by atoms with Crippen LogP contribution in [0.3, 0.4) is 0 Å². The van der Waals surface area contributed by atoms with Crippen molar-refractivity contribution < 1.29 is 9.47 Å². The first-order valence-corrected chi connectivity index (χ1v) is 8.61. The number of aromatic nitrogens is 2. The summed E-state index contributed by atoms with van der Waals surface area (Å²) in [5.74, 6) is 1.09. The minimum absolute atomic E-state index is 0.0301. The fraction of sp³-hybridized carbons (Fsp3) is 0.556. The van der Waals surface area contributed by atoms with Crippen LogP contribution in [0.1, 0.15) is 20.3 Å². The van der Waals surface area contributed by atoms with Crippen molar-refractivity contribution in [3.63, 3.8) is 0 Å². The zero-order chi connectivity index (χ0) is 16.9. The van der Waals surface area contributed by atoms with Gasteiger partial charge in [-0.15, -0.1) is 0 Å². The van der Waals surface area contributed by atoms with Gasteiger partial charge in [0.05, 0.1) is 5.52 Å². The number of anilines is 1. The van der Waals surface area contributed by atoms with E-state index in [1.54, 1.807) is 0 Å². The summed E-state index contributed by atoms with van der Waals surface area (Å²) in [6.45, 7) is 8.72. The second kappa shape index (κ2) is 7.77. The molecule has 1 aromatic heterocycles. The molecule has 0 spiro atoms. The largest absolute Gasteiger partial charge is 0.461 e. The molecule has 1 aliphatic heterocycles. The van der Waals surface area contributed by atoms with Gasteiger partial charge in [-0.3, -0.25) is 0 Å². The highest BCUT2D eigenvalue weighted by Crippen LogP contribution is 2.20. The molecule has 0 amide bonds. The Kier molecular flexibility index (Phi) is 5.48. The Labute approximate surface area is 143 Å². The van der Waals surface area contributed by atoms with E-state index < -0.39 is 0 Å². The topological polar surface area (TPSA) is 73.5 Å². The summed E-state index contributed by atoms with van der Waals surface area (Å²) in [4.78, 5) is 11.1. The molecule has 2 heterocycles. The maximum atomic E-state index is 6.00. The monoisotopic (exact) mass is 330 g/mol. The SMILES string of the molecule is CC(C)CN1CCCOC(COc2nc(N)c3ccccc3n2)C1. The first-order chi connectivity index (χ1) is 11.6. The van der Waals surface area contributed by atoms with Crippen molar-refractivity contribution in [2.45, 2.75) is 26.4 Å². The molecule has 1 saturated heterocycles. The zero-order valence-electron chi connectivity index (χ0n) is 14.4. The van der Waals surface area contributed by atoms with Crippen LogP contribution in [0.25, 0.3) is 10.9 Å². The number of nitrogen functional groups attached to an aromatic ring is 1. The van der Waals surface area contributed by atoms with Crippen LogP contribution in [0.2, 0.25) is 0 Å². The van der Waals surface area contributed by atoms with Gasteiger partial charge < -0.3 is 20.1 Å². The van der Waals surface area contributed by atoms with Gasteiger partial charge >= 0.3 is 6.01 Å². The minimum atomic E-state index is 0.0301. The molecule has 0 aliphatic carbocycles. The standard InChI is InChI=1S/C18H26N4O2/c1-13(2)10-22-8-5-9-23-14(11-22)12-24-18-20-16-7-4-3-6-15(16)17(19)21-18/h3-4,6-7,13-14H,5,8-12H2,1-2H3,(H2,19,20,21). The van der Waals surface area contributed by atoms with Crippen LogP contribution < -0.4 is 10.5 Å². The Balaban J connectivity index is 1.64. The van der Waals surface area contributed by atoms with Crippen molar-refractivity contribution in [1.29, 1.82) is 0 Å². The molecule has 0 radical (unpaired) electrons. The summed E-state index contributed by atoms with van der Waals surface area (Å²) in [5, 5.41) is 0.846. The lowest BCUT2D eigenvalue weighted by Gasteiger charge is -2.25. The summed E-state index contributed by atoms with van der Waals surface area (Å²) in [6.07, 6.45) is 1.09. The fourth-order valence-corrected chi connectivity index (χ4v) is 3.06. The van der Waals surface area contributed by atoms with Gasteiger partial charge in [0.2, 0.25) is 0 Å². The number of ether oxygens (including phenoxy) is 2. The molecule has 1 aromatic carbocycles. The van der Waals surface area contributed by atoms with Crippen LogP contribution in [0, 0.1) is 5.92 Å². The summed E-state index contributed by atoms with van der Waals surface area (Å²) in [7, 11) is 0. The molecular weight excluding hydrogens is 304 g/mol. The quantitative estimate of drug-likeness (QED) is 0.907. The van der Waals surface area contributed by atoms with Crippen LogP contribution >= 0.6 is 0 Å². The average molecular weight is 330 g/mol. The van der Waals surface area contributed by atoms with E-state index in [4.69, 9.17) is 15.2 Å². The predicted octanol–water partition coefficient (Wildman–Crippen LogP) is 2.34. The van der Waals surface area contributed by atoms with E-state index in [2.05, 4.69) is 28.7 Å². The molecule has 130 valence electrons. The second-order valence-electron chi connectivity index (χ2n) is 6.72. The van der Waals surface area contributed by atoms with E-state index in [1.165, 1.54) is 0 Å². The number of para-hydroxylation sites is 1. The maximum Gasteiger partial charge on any atom is 0.319 e. The molecule has 3 rings (SSSR count). The Bertz CT molecular complexity index is 677. The predicted molar refractivity (Wildman–Crippen MR) is 95.1 cm³/mol. The third kappa shape index (κ3) is 4.33. The zero-order valence-corrected chi connectivity index (χ0v) is 14.4. The summed E-state index contributed by atoms with van der Waals surface area (Å²) >= 11 is 0. The molecular formula is C18H26N4O2. The van der Waals surface area contributed by atoms with Gasteiger partial charge in [0, 0.05) is 31.6 Å². The molecule has 1 fully saturated rings. The number of nitrogens with zero attached hydrogens (tertiary/aromatic N) is 3. The highest BCUT2D eigenvalue weighted by Gasteiger charge is 2.20. The molecule has 24 heavy (non-hydrogen) atoms. The van der Waals surface area contributed by atoms with Crippen LogP contribution in [0.15, 0.2) is 24.3 Å². The Morgan fingerprint density at radius 2 is 2.17 bits per heavy atom. The number of rotatable bonds is 5. The second-order valence-corrected chi connectivity index (χ2v) is 6.72. The minimum Gasteiger partial charge on any atom is -0.461 e. The molecule has 6 nitrogen and oxygen atoms in total. The first-order valence-electron chi connectivity index (χ1n) is 8.61. The normalized spacial score (nSPS) is 19.5. The highest BCUT2D eigenvalue weighted by atomic mass is 16.5. The van der Waals surface area contributed by atoms with Gasteiger partial charge in [-0.1, -0.05) is 26.0 Å². The third-order valence-corrected chi connectivity index (χ3v) is 4.07. The van der Waals surface area contributed by atoms with Crippen molar-refractivity contribution in [1.82, 2.24) is 14.9 Å². The maximum absolute atomic E-state index is 6.00. The number of hydrogen-bond acceptors (Lipinski definition) is 6. The molecule has 0 saturated carbocycles. The lowest BCUT2D eigenvalue weighted by molar-refractivity contribution is 0.0176. The first kappa shape index (κ1) is 16.9. The lowest BCUT2D eigenvalue weighted by atomic mass is 10.2. The smallest absolute Gasteiger partial charge is 0.319 e. The van der Waals surface area contributed by atoms with Crippen molar-refractivity contribution in [3.8, 4) is 6.01 Å².